The molecule has 2 aromatic heterocycles. The molecule has 11 amide bonds. The van der Waals surface area contributed by atoms with Gasteiger partial charge in [-0.3, -0.25) is 47.8 Å². The number of rotatable bonds is 23. The zero-order valence-electron chi connectivity index (χ0n) is 51.1. The summed E-state index contributed by atoms with van der Waals surface area (Å²) in [5, 5.41) is 37.0. The summed E-state index contributed by atoms with van der Waals surface area (Å²) >= 11 is 1.85. The third kappa shape index (κ3) is 23.7. The molecule has 0 aliphatic carbocycles. The van der Waals surface area contributed by atoms with Crippen LogP contribution < -0.4 is 58.9 Å². The number of hydrogen-bond donors (Lipinski definition) is 12. The fourth-order valence-corrected chi connectivity index (χ4v) is 11.6. The standard InChI is InChI=1S/C56H85N15O13S.C2H6/c1-32(2)24-40-52(77)60-28-46(73)62-39(50(57)75)14-10-11-18-71-29-36(69-70-71)26-42(63-47(74)30-84-23-22-83-21-20-82-19-17-58-45(72)16-9-8-15-44-49-43(31-85-44)66-56(81)68-49)54(79)67-48(33(3)4)55(80)61-34(5)51(76)64-41(53(78)65-40)25-35-27-59-38-13-7-6-12-37(35)38;1-2/h6-7,12-13,27,29,32-34,39-44,48-49,59H,8-11,14-26,28,30-31H2,1-5H3,(H2,57,75)(H,58,72)(H,60,77)(H,61,80)(H,62,73)(H,63,74)(H,64,76)(H,65,78)(H,67,79)(H2,66,68,81);1-2H3/t34-,39+,40-,41-,42+,43-,44-,48-,49-;/m1./s1. The van der Waals surface area contributed by atoms with E-state index < -0.39 is 103 Å². The molecule has 3 aliphatic rings. The van der Waals surface area contributed by atoms with Crippen molar-refractivity contribution in [2.45, 2.75) is 173 Å². The molecule has 2 bridgehead atoms. The monoisotopic (exact) mass is 1240 g/mol. The van der Waals surface area contributed by atoms with E-state index in [0.29, 0.717) is 55.5 Å². The molecule has 0 unspecified atom stereocenters. The average molecular weight is 1240 g/mol. The van der Waals surface area contributed by atoms with Crippen molar-refractivity contribution in [2.75, 3.05) is 58.5 Å². The number of hydrogen-bond acceptors (Lipinski definition) is 16. The molecule has 28 nitrogen and oxygen atoms in total. The van der Waals surface area contributed by atoms with Gasteiger partial charge in [-0.15, -0.1) is 5.10 Å². The molecule has 2 saturated heterocycles. The lowest BCUT2D eigenvalue weighted by molar-refractivity contribution is -0.136. The molecule has 0 spiro atoms. The SMILES string of the molecule is CC.CC(C)C[C@H]1NC(=O)[C@@H](Cc2c[nH]c3ccccc23)NC(=O)[C@@H](C)NC(=O)[C@@H](C(C)C)NC(=O)[C@@H](NC(=O)COCCOCCOCCNC(=O)CCCC[C@H]2SC[C@H]3NC(=O)N[C@H]32)Cc2cn(nn2)CCCC[C@@H](C(N)=O)NC(=O)CNC1=O. The third-order valence-corrected chi connectivity index (χ3v) is 16.1. The van der Waals surface area contributed by atoms with E-state index in [4.69, 9.17) is 19.9 Å². The van der Waals surface area contributed by atoms with Crippen LogP contribution in [0.1, 0.15) is 111 Å². The van der Waals surface area contributed by atoms with E-state index >= 15 is 0 Å². The molecule has 482 valence electrons. The van der Waals surface area contributed by atoms with Crippen molar-refractivity contribution in [1.82, 2.24) is 73.1 Å². The maximum absolute atomic E-state index is 14.3. The van der Waals surface area contributed by atoms with Gasteiger partial charge in [0.25, 0.3) is 0 Å². The lowest BCUT2D eigenvalue weighted by Crippen LogP contribution is -2.60. The molecule has 87 heavy (non-hydrogen) atoms. The number of aromatic amines is 1. The van der Waals surface area contributed by atoms with Crippen LogP contribution in [-0.4, -0.2) is 191 Å². The van der Waals surface area contributed by atoms with Gasteiger partial charge in [0, 0.05) is 66.7 Å². The van der Waals surface area contributed by atoms with Gasteiger partial charge < -0.3 is 78.1 Å². The first-order chi connectivity index (χ1) is 41.7. The van der Waals surface area contributed by atoms with Crippen LogP contribution in [0.15, 0.2) is 36.7 Å². The van der Waals surface area contributed by atoms with Gasteiger partial charge in [0.15, 0.2) is 0 Å². The van der Waals surface area contributed by atoms with Crippen LogP contribution in [-0.2, 0) is 76.7 Å². The number of ether oxygens (including phenoxy) is 3. The number of para-hydroxylation sites is 1. The Kier molecular flexibility index (Phi) is 29.7. The maximum Gasteiger partial charge on any atom is 0.315 e. The molecule has 1 aromatic carbocycles. The number of carbonyl (C=O) groups is 10. The zero-order valence-corrected chi connectivity index (χ0v) is 51.9. The van der Waals surface area contributed by atoms with Crippen molar-refractivity contribution >= 4 is 81.9 Å². The van der Waals surface area contributed by atoms with Gasteiger partial charge in [0.1, 0.15) is 42.9 Å². The summed E-state index contributed by atoms with van der Waals surface area (Å²) in [5.41, 5.74) is 7.42. The minimum atomic E-state index is -1.30. The molecule has 5 heterocycles. The van der Waals surface area contributed by atoms with Gasteiger partial charge in [-0.1, -0.05) is 71.4 Å². The van der Waals surface area contributed by atoms with Crippen LogP contribution in [0.25, 0.3) is 10.9 Å². The Balaban J connectivity index is 0.00000683. The van der Waals surface area contributed by atoms with Crippen molar-refractivity contribution in [1.29, 1.82) is 0 Å². The number of aryl methyl sites for hydroxylation is 1. The summed E-state index contributed by atoms with van der Waals surface area (Å²) in [6, 6.07) is 0.290. The third-order valence-electron chi connectivity index (χ3n) is 14.6. The Hall–Kier alpha value is -7.37. The smallest absolute Gasteiger partial charge is 0.315 e. The largest absolute Gasteiger partial charge is 0.377 e. The number of nitrogens with zero attached hydrogens (tertiary/aromatic N) is 3. The van der Waals surface area contributed by atoms with Crippen LogP contribution in [0.3, 0.4) is 0 Å². The lowest BCUT2D eigenvalue weighted by Gasteiger charge is -2.27. The summed E-state index contributed by atoms with van der Waals surface area (Å²) < 4.78 is 18.2. The number of carbonyl (C=O) groups excluding carboxylic acids is 10. The minimum absolute atomic E-state index is 0.0265. The van der Waals surface area contributed by atoms with E-state index in [1.165, 1.54) is 11.6 Å². The number of unbranched alkanes of at least 4 members (excludes halogenated alkanes) is 1. The Labute approximate surface area is 512 Å². The fourth-order valence-electron chi connectivity index (χ4n) is 10.0. The first-order valence-corrected chi connectivity index (χ1v) is 31.3. The number of nitrogens with one attached hydrogen (secondary N) is 11. The second-order valence-corrected chi connectivity index (χ2v) is 23.6. The molecule has 0 radical (unpaired) electrons. The summed E-state index contributed by atoms with van der Waals surface area (Å²) in [5.74, 6) is -5.59. The Morgan fingerprint density at radius 2 is 1.52 bits per heavy atom. The maximum atomic E-state index is 14.3. The number of thioether (sulfide) groups is 1. The van der Waals surface area contributed by atoms with Crippen molar-refractivity contribution in [3.63, 3.8) is 0 Å². The molecular weight excluding hydrogens is 1150 g/mol. The molecule has 9 atom stereocenters. The van der Waals surface area contributed by atoms with E-state index in [9.17, 15) is 47.9 Å². The summed E-state index contributed by atoms with van der Waals surface area (Å²) in [6.07, 6.45) is 7.25. The quantitative estimate of drug-likeness (QED) is 0.0435. The predicted octanol–water partition coefficient (Wildman–Crippen LogP) is -0.121. The van der Waals surface area contributed by atoms with Gasteiger partial charge in [-0.25, -0.2) is 4.79 Å². The fraction of sp³-hybridized carbons (Fsp3) is 0.655. The molecule has 29 heteroatoms. The van der Waals surface area contributed by atoms with Crippen LogP contribution in [0.4, 0.5) is 4.79 Å². The number of nitrogens with two attached hydrogens (primary N) is 1. The van der Waals surface area contributed by atoms with E-state index in [2.05, 4.69) is 68.5 Å². The molecule has 13 N–H and O–H groups in total. The summed E-state index contributed by atoms with van der Waals surface area (Å²) in [6.45, 7) is 13.1. The topological polar surface area (TPSA) is 391 Å². The number of fused-ring (bicyclic) bond motifs is 4. The molecule has 2 fully saturated rings. The molecule has 3 aromatic rings. The van der Waals surface area contributed by atoms with Gasteiger partial charge in [-0.2, -0.15) is 11.8 Å². The Morgan fingerprint density at radius 3 is 2.25 bits per heavy atom. The van der Waals surface area contributed by atoms with Gasteiger partial charge >= 0.3 is 6.03 Å². The first-order valence-electron chi connectivity index (χ1n) is 30.2. The summed E-state index contributed by atoms with van der Waals surface area (Å²) in [7, 11) is 0. The molecule has 6 rings (SSSR count). The number of amides is 11. The molecule has 0 saturated carbocycles. The van der Waals surface area contributed by atoms with Crippen LogP contribution in [0.2, 0.25) is 0 Å². The van der Waals surface area contributed by atoms with Crippen molar-refractivity contribution in [3.8, 4) is 0 Å². The first kappa shape index (κ1) is 70.4. The van der Waals surface area contributed by atoms with Crippen molar-refractivity contribution < 1.29 is 62.2 Å². The highest BCUT2D eigenvalue weighted by Gasteiger charge is 2.42. The van der Waals surface area contributed by atoms with Gasteiger partial charge in [0.2, 0.25) is 53.2 Å². The van der Waals surface area contributed by atoms with Gasteiger partial charge in [-0.05, 0) is 68.9 Å². The van der Waals surface area contributed by atoms with E-state index in [-0.39, 0.29) is 82.1 Å². The number of H-pyrrole nitrogens is 1. The van der Waals surface area contributed by atoms with E-state index in [1.54, 1.807) is 26.2 Å². The second kappa shape index (κ2) is 36.7. The molecule has 3 aliphatic heterocycles. The summed E-state index contributed by atoms with van der Waals surface area (Å²) in [4.78, 5) is 136. The molecular formula is C58H91N15O13S. The normalized spacial score (nSPS) is 23.7. The highest BCUT2D eigenvalue weighted by molar-refractivity contribution is 8.00. The van der Waals surface area contributed by atoms with E-state index in [1.807, 2.05) is 63.7 Å². The van der Waals surface area contributed by atoms with E-state index in [0.717, 1.165) is 35.9 Å². The van der Waals surface area contributed by atoms with Crippen LogP contribution in [0, 0.1) is 11.8 Å². The predicted molar refractivity (Wildman–Crippen MR) is 324 cm³/mol. The van der Waals surface area contributed by atoms with Crippen molar-refractivity contribution in [3.05, 3.63) is 47.9 Å². The Morgan fingerprint density at radius 1 is 0.793 bits per heavy atom. The number of benzene rings is 1. The number of urea groups is 1. The number of aromatic nitrogens is 4. The lowest BCUT2D eigenvalue weighted by atomic mass is 10.0. The second-order valence-electron chi connectivity index (χ2n) is 22.3. The minimum Gasteiger partial charge on any atom is -0.377 e. The Bertz CT molecular complexity index is 2760. The van der Waals surface area contributed by atoms with Crippen LogP contribution in [0.5, 0.6) is 0 Å². The zero-order chi connectivity index (χ0) is 63.4. The highest BCUT2D eigenvalue weighted by Crippen LogP contribution is 2.33. The highest BCUT2D eigenvalue weighted by atomic mass is 32.2. The van der Waals surface area contributed by atoms with Gasteiger partial charge in [0.05, 0.1) is 57.4 Å². The van der Waals surface area contributed by atoms with Crippen molar-refractivity contribution in [2.24, 2.45) is 17.6 Å². The number of primary amides is 1. The van der Waals surface area contributed by atoms with Crippen LogP contribution >= 0.6 is 11.8 Å². The average Bonchev–Trinajstić information content (AvgIpc) is 2.31.